The average Bonchev–Trinajstić information content (AvgIpc) is 2.03. The molecule has 0 aliphatic rings. The van der Waals surface area contributed by atoms with Gasteiger partial charge in [0.05, 0.1) is 0 Å². The zero-order chi connectivity index (χ0) is 9.14. The molecule has 0 radical (unpaired) electrons. The van der Waals surface area contributed by atoms with Crippen molar-refractivity contribution in [2.45, 2.75) is 13.8 Å². The second-order valence-corrected chi connectivity index (χ2v) is 3.99. The lowest BCUT2D eigenvalue weighted by molar-refractivity contribution is 0.877. The predicted octanol–water partition coefficient (Wildman–Crippen LogP) is 3.47. The number of nitrogens with one attached hydrogen (secondary N) is 1. The molecule has 1 aromatic rings. The Hall–Kier alpha value is -0.630. The fraction of sp³-hybridized carbons (Fsp3) is 0.300. The monoisotopic (exact) mass is 225 g/mol. The lowest BCUT2D eigenvalue weighted by Gasteiger charge is -2.07. The van der Waals surface area contributed by atoms with Crippen LogP contribution in [0.5, 0.6) is 0 Å². The molecule has 0 bridgehead atoms. The molecule has 0 amide bonds. The molecule has 0 aliphatic heterocycles. The fourth-order valence-corrected chi connectivity index (χ4v) is 1.39. The van der Waals surface area contributed by atoms with E-state index in [1.54, 1.807) is 0 Å². The first-order valence-corrected chi connectivity index (χ1v) is 4.75. The first-order chi connectivity index (χ1) is 5.61. The van der Waals surface area contributed by atoms with Crippen LogP contribution >= 0.6 is 15.9 Å². The van der Waals surface area contributed by atoms with Gasteiger partial charge in [-0.3, -0.25) is 0 Å². The molecule has 0 fully saturated rings. The maximum atomic E-state index is 7.76. The van der Waals surface area contributed by atoms with Crippen LogP contribution < -0.4 is 0 Å². The largest absolute Gasteiger partial charge is 0.304 e. The molecule has 0 aromatic heterocycles. The van der Waals surface area contributed by atoms with Gasteiger partial charge in [0.1, 0.15) is 0 Å². The number of halogens is 1. The maximum Gasteiger partial charge on any atom is 0.0411 e. The summed E-state index contributed by atoms with van der Waals surface area (Å²) in [6, 6.07) is 7.86. The van der Waals surface area contributed by atoms with Gasteiger partial charge < -0.3 is 5.41 Å². The maximum absolute atomic E-state index is 7.76. The van der Waals surface area contributed by atoms with Crippen LogP contribution in [0, 0.1) is 11.3 Å². The van der Waals surface area contributed by atoms with Gasteiger partial charge >= 0.3 is 0 Å². The van der Waals surface area contributed by atoms with Crippen LogP contribution in [0.4, 0.5) is 0 Å². The van der Waals surface area contributed by atoms with Crippen molar-refractivity contribution in [3.05, 3.63) is 34.3 Å². The minimum atomic E-state index is 0.291. The number of benzene rings is 1. The van der Waals surface area contributed by atoms with Crippen LogP contribution in [-0.4, -0.2) is 5.71 Å². The summed E-state index contributed by atoms with van der Waals surface area (Å²) >= 11 is 3.38. The highest BCUT2D eigenvalue weighted by Crippen LogP contribution is 2.14. The molecule has 1 rings (SSSR count). The van der Waals surface area contributed by atoms with Gasteiger partial charge in [0.15, 0.2) is 0 Å². The molecule has 0 unspecified atom stereocenters. The Morgan fingerprint density at radius 2 is 2.08 bits per heavy atom. The Morgan fingerprint density at radius 1 is 1.42 bits per heavy atom. The molecule has 0 spiro atoms. The number of rotatable bonds is 2. The molecule has 12 heavy (non-hydrogen) atoms. The molecule has 0 saturated heterocycles. The average molecular weight is 226 g/mol. The molecule has 0 atom stereocenters. The van der Waals surface area contributed by atoms with Gasteiger partial charge in [0.25, 0.3) is 0 Å². The van der Waals surface area contributed by atoms with E-state index in [1.807, 2.05) is 38.1 Å². The fourth-order valence-electron chi connectivity index (χ4n) is 0.989. The second-order valence-electron chi connectivity index (χ2n) is 3.08. The number of hydrogen-bond donors (Lipinski definition) is 1. The summed E-state index contributed by atoms with van der Waals surface area (Å²) in [5.41, 5.74) is 1.69. The Morgan fingerprint density at radius 3 is 2.58 bits per heavy atom. The van der Waals surface area contributed by atoms with Crippen LogP contribution in [0.25, 0.3) is 0 Å². The Kier molecular flexibility index (Phi) is 3.04. The van der Waals surface area contributed by atoms with Crippen LogP contribution in [-0.2, 0) is 0 Å². The summed E-state index contributed by atoms with van der Waals surface area (Å²) in [5, 5.41) is 7.76. The van der Waals surface area contributed by atoms with E-state index in [1.165, 1.54) is 0 Å². The Labute approximate surface area is 81.4 Å². The molecular weight excluding hydrogens is 214 g/mol. The lowest BCUT2D eigenvalue weighted by Crippen LogP contribution is -2.06. The summed E-state index contributed by atoms with van der Waals surface area (Å²) in [6.07, 6.45) is 0. The van der Waals surface area contributed by atoms with Gasteiger partial charge in [-0.1, -0.05) is 41.9 Å². The summed E-state index contributed by atoms with van der Waals surface area (Å²) in [6.45, 7) is 4.06. The molecular formula is C10H12BrN. The molecule has 1 N–H and O–H groups in total. The van der Waals surface area contributed by atoms with Crippen LogP contribution in [0.1, 0.15) is 19.4 Å². The van der Waals surface area contributed by atoms with Crippen LogP contribution in [0.3, 0.4) is 0 Å². The van der Waals surface area contributed by atoms with E-state index in [4.69, 9.17) is 5.41 Å². The van der Waals surface area contributed by atoms with Crippen molar-refractivity contribution in [2.24, 2.45) is 5.92 Å². The van der Waals surface area contributed by atoms with Crippen molar-refractivity contribution in [1.29, 1.82) is 5.41 Å². The zero-order valence-electron chi connectivity index (χ0n) is 7.26. The van der Waals surface area contributed by atoms with Crippen molar-refractivity contribution in [2.75, 3.05) is 0 Å². The first-order valence-electron chi connectivity index (χ1n) is 3.95. The predicted molar refractivity (Wildman–Crippen MR) is 55.8 cm³/mol. The van der Waals surface area contributed by atoms with Crippen molar-refractivity contribution in [3.63, 3.8) is 0 Å². The van der Waals surface area contributed by atoms with Crippen molar-refractivity contribution >= 4 is 21.6 Å². The van der Waals surface area contributed by atoms with E-state index in [2.05, 4.69) is 15.9 Å². The highest BCUT2D eigenvalue weighted by Gasteiger charge is 2.05. The van der Waals surface area contributed by atoms with Gasteiger partial charge in [-0.2, -0.15) is 0 Å². The van der Waals surface area contributed by atoms with E-state index < -0.39 is 0 Å². The molecule has 64 valence electrons. The van der Waals surface area contributed by atoms with Crippen molar-refractivity contribution in [1.82, 2.24) is 0 Å². The van der Waals surface area contributed by atoms with Crippen molar-refractivity contribution in [3.8, 4) is 0 Å². The van der Waals surface area contributed by atoms with E-state index in [0.717, 1.165) is 10.0 Å². The smallest absolute Gasteiger partial charge is 0.0411 e. The topological polar surface area (TPSA) is 23.9 Å². The summed E-state index contributed by atoms with van der Waals surface area (Å²) in [7, 11) is 0. The number of hydrogen-bond acceptors (Lipinski definition) is 1. The SMILES string of the molecule is CC(C)C(=N)c1cccc(Br)c1. The zero-order valence-corrected chi connectivity index (χ0v) is 8.85. The first kappa shape index (κ1) is 9.46. The third kappa shape index (κ3) is 2.18. The highest BCUT2D eigenvalue weighted by atomic mass is 79.9. The summed E-state index contributed by atoms with van der Waals surface area (Å²) in [4.78, 5) is 0. The molecule has 0 heterocycles. The highest BCUT2D eigenvalue weighted by molar-refractivity contribution is 9.10. The van der Waals surface area contributed by atoms with E-state index in [9.17, 15) is 0 Å². The minimum Gasteiger partial charge on any atom is -0.304 e. The molecule has 1 aromatic carbocycles. The lowest BCUT2D eigenvalue weighted by atomic mass is 10.0. The third-order valence-electron chi connectivity index (χ3n) is 1.71. The van der Waals surface area contributed by atoms with E-state index in [0.29, 0.717) is 11.6 Å². The minimum absolute atomic E-state index is 0.291. The Balaban J connectivity index is 2.96. The molecule has 0 saturated carbocycles. The van der Waals surface area contributed by atoms with E-state index in [-0.39, 0.29) is 0 Å². The van der Waals surface area contributed by atoms with Crippen LogP contribution in [0.15, 0.2) is 28.7 Å². The summed E-state index contributed by atoms with van der Waals surface area (Å²) < 4.78 is 1.03. The van der Waals surface area contributed by atoms with Gasteiger partial charge in [-0.15, -0.1) is 0 Å². The standard InChI is InChI=1S/C10H12BrN/c1-7(2)10(12)8-4-3-5-9(11)6-8/h3-7,12H,1-2H3. The van der Waals surface area contributed by atoms with E-state index >= 15 is 0 Å². The van der Waals surface area contributed by atoms with Gasteiger partial charge in [-0.05, 0) is 23.6 Å². The van der Waals surface area contributed by atoms with Crippen molar-refractivity contribution < 1.29 is 0 Å². The molecule has 0 aliphatic carbocycles. The van der Waals surface area contributed by atoms with Gasteiger partial charge in [0.2, 0.25) is 0 Å². The Bertz CT molecular complexity index is 292. The van der Waals surface area contributed by atoms with Gasteiger partial charge in [0, 0.05) is 10.2 Å². The third-order valence-corrected chi connectivity index (χ3v) is 2.21. The molecule has 1 nitrogen and oxygen atoms in total. The second kappa shape index (κ2) is 3.85. The van der Waals surface area contributed by atoms with Gasteiger partial charge in [-0.25, -0.2) is 0 Å². The summed E-state index contributed by atoms with van der Waals surface area (Å²) in [5.74, 6) is 0.291. The normalized spacial score (nSPS) is 10.3. The van der Waals surface area contributed by atoms with Crippen LogP contribution in [0.2, 0.25) is 0 Å². The molecule has 2 heteroatoms. The quantitative estimate of drug-likeness (QED) is 0.746.